The molecule has 0 aliphatic heterocycles. The van der Waals surface area contributed by atoms with Crippen molar-refractivity contribution in [3.8, 4) is 6.01 Å². The maximum atomic E-state index is 10.9. The fourth-order valence-electron chi connectivity index (χ4n) is 1.33. The summed E-state index contributed by atoms with van der Waals surface area (Å²) in [4.78, 5) is 23.0. The molecule has 19 heavy (non-hydrogen) atoms. The van der Waals surface area contributed by atoms with Crippen LogP contribution in [0.25, 0.3) is 5.57 Å². The van der Waals surface area contributed by atoms with E-state index in [9.17, 15) is 4.79 Å². The lowest BCUT2D eigenvalue weighted by Gasteiger charge is -2.03. The molecule has 0 bridgehead atoms. The van der Waals surface area contributed by atoms with E-state index in [1.165, 1.54) is 30.8 Å². The molecule has 2 rings (SSSR count). The number of carboxylic acids is 1. The fraction of sp³-hybridized carbons (Fsp3) is 0.0909. The van der Waals surface area contributed by atoms with E-state index in [0.29, 0.717) is 20.7 Å². The minimum Gasteiger partial charge on any atom is -0.478 e. The molecule has 0 aliphatic rings. The molecule has 8 heteroatoms. The third kappa shape index (κ3) is 3.36. The molecule has 98 valence electrons. The molecule has 0 spiro atoms. The topological polar surface area (TPSA) is 85.2 Å². The molecule has 0 amide bonds. The molecule has 0 atom stereocenters. The van der Waals surface area contributed by atoms with Gasteiger partial charge in [0.15, 0.2) is 0 Å². The molecule has 1 N–H and O–H groups in total. The summed E-state index contributed by atoms with van der Waals surface area (Å²) in [6.07, 6.45) is 4.07. The smallest absolute Gasteiger partial charge is 0.329 e. The Labute approximate surface area is 120 Å². The highest BCUT2D eigenvalue weighted by Gasteiger charge is 2.12. The van der Waals surface area contributed by atoms with Gasteiger partial charge in [0.1, 0.15) is 9.61 Å². The lowest BCUT2D eigenvalue weighted by Crippen LogP contribution is -1.97. The van der Waals surface area contributed by atoms with Crippen LogP contribution in [0.2, 0.25) is 0 Å². The van der Waals surface area contributed by atoms with Gasteiger partial charge in [-0.05, 0) is 15.9 Å². The Bertz CT molecular complexity index is 624. The van der Waals surface area contributed by atoms with Crippen LogP contribution in [0, 0.1) is 0 Å². The van der Waals surface area contributed by atoms with Crippen molar-refractivity contribution in [1.82, 2.24) is 15.0 Å². The van der Waals surface area contributed by atoms with E-state index in [1.54, 1.807) is 5.38 Å². The predicted octanol–water partition coefficient (Wildman–Crippen LogP) is 2.22. The Morgan fingerprint density at radius 2 is 2.16 bits per heavy atom. The molecule has 0 saturated heterocycles. The molecule has 0 aliphatic carbocycles. The molecule has 0 saturated carbocycles. The summed E-state index contributed by atoms with van der Waals surface area (Å²) < 4.78 is 5.51. The molecular weight excluding hydrogens is 334 g/mol. The zero-order valence-electron chi connectivity index (χ0n) is 9.70. The summed E-state index contributed by atoms with van der Waals surface area (Å²) in [6.45, 7) is 0. The Balaban J connectivity index is 2.46. The number of carboxylic acid groups (broad SMARTS) is 1. The number of halogens is 1. The van der Waals surface area contributed by atoms with Gasteiger partial charge in [0.2, 0.25) is 0 Å². The minimum atomic E-state index is -1.06. The number of hydrogen-bond acceptors (Lipinski definition) is 6. The second kappa shape index (κ2) is 5.89. The van der Waals surface area contributed by atoms with Gasteiger partial charge in [-0.1, -0.05) is 0 Å². The van der Waals surface area contributed by atoms with Gasteiger partial charge in [0, 0.05) is 35.0 Å². The summed E-state index contributed by atoms with van der Waals surface area (Å²) in [7, 11) is 1.46. The molecule has 0 aromatic carbocycles. The van der Waals surface area contributed by atoms with Crippen LogP contribution in [0.1, 0.15) is 10.6 Å². The van der Waals surface area contributed by atoms with Crippen LogP contribution in [0.4, 0.5) is 0 Å². The SMILES string of the molecule is COc1ncc(C(=CC(=O)O)c2nc(Br)cs2)cn1. The quantitative estimate of drug-likeness (QED) is 0.858. The Morgan fingerprint density at radius 3 is 2.63 bits per heavy atom. The van der Waals surface area contributed by atoms with E-state index in [2.05, 4.69) is 30.9 Å². The summed E-state index contributed by atoms with van der Waals surface area (Å²) in [5.41, 5.74) is 1.01. The number of hydrogen-bond donors (Lipinski definition) is 1. The van der Waals surface area contributed by atoms with Crippen molar-refractivity contribution < 1.29 is 14.6 Å². The Morgan fingerprint density at radius 1 is 1.47 bits per heavy atom. The van der Waals surface area contributed by atoms with E-state index in [4.69, 9.17) is 9.84 Å². The van der Waals surface area contributed by atoms with Crippen molar-refractivity contribution in [1.29, 1.82) is 0 Å². The first kappa shape index (κ1) is 13.6. The number of rotatable bonds is 4. The summed E-state index contributed by atoms with van der Waals surface area (Å²) in [5.74, 6) is -1.06. The number of carbonyl (C=O) groups is 1. The molecule has 2 heterocycles. The van der Waals surface area contributed by atoms with Crippen molar-refractivity contribution in [3.05, 3.63) is 39.0 Å². The normalized spacial score (nSPS) is 11.4. The third-order valence-corrected chi connectivity index (χ3v) is 3.68. The second-order valence-corrected chi connectivity index (χ2v) is 5.00. The first-order chi connectivity index (χ1) is 9.10. The van der Waals surface area contributed by atoms with Crippen molar-refractivity contribution in [2.24, 2.45) is 0 Å². The fourth-order valence-corrected chi connectivity index (χ4v) is 2.62. The lowest BCUT2D eigenvalue weighted by molar-refractivity contribution is -0.131. The van der Waals surface area contributed by atoms with Gasteiger partial charge in [0.05, 0.1) is 7.11 Å². The minimum absolute atomic E-state index is 0.221. The number of ether oxygens (including phenoxy) is 1. The summed E-state index contributed by atoms with van der Waals surface area (Å²) in [6, 6.07) is 0.221. The van der Waals surface area contributed by atoms with Gasteiger partial charge >= 0.3 is 12.0 Å². The van der Waals surface area contributed by atoms with Crippen molar-refractivity contribution in [2.45, 2.75) is 0 Å². The van der Waals surface area contributed by atoms with Crippen molar-refractivity contribution in [3.63, 3.8) is 0 Å². The van der Waals surface area contributed by atoms with E-state index >= 15 is 0 Å². The standard InChI is InChI=1S/C11H8BrN3O3S/c1-18-11-13-3-6(4-14-11)7(2-9(16)17)10-15-8(12)5-19-10/h2-5H,1H3,(H,16,17). The van der Waals surface area contributed by atoms with E-state index in [0.717, 1.165) is 6.08 Å². The van der Waals surface area contributed by atoms with Gasteiger partial charge in [-0.15, -0.1) is 11.3 Å². The monoisotopic (exact) mass is 341 g/mol. The molecule has 0 radical (unpaired) electrons. The van der Waals surface area contributed by atoms with Crippen molar-refractivity contribution in [2.75, 3.05) is 7.11 Å². The zero-order chi connectivity index (χ0) is 13.8. The Kier molecular flexibility index (Phi) is 4.23. The van der Waals surface area contributed by atoms with Crippen LogP contribution in [-0.4, -0.2) is 33.1 Å². The molecule has 6 nitrogen and oxygen atoms in total. The van der Waals surface area contributed by atoms with Crippen LogP contribution in [0.15, 0.2) is 28.5 Å². The molecule has 0 unspecified atom stereocenters. The first-order valence-corrected chi connectivity index (χ1v) is 6.70. The zero-order valence-corrected chi connectivity index (χ0v) is 12.1. The molecule has 0 fully saturated rings. The molecular formula is C11H8BrN3O3S. The van der Waals surface area contributed by atoms with Crippen LogP contribution >= 0.6 is 27.3 Å². The van der Waals surface area contributed by atoms with Crippen molar-refractivity contribution >= 4 is 38.8 Å². The average molecular weight is 342 g/mol. The van der Waals surface area contributed by atoms with Gasteiger partial charge in [-0.3, -0.25) is 0 Å². The van der Waals surface area contributed by atoms with E-state index in [-0.39, 0.29) is 6.01 Å². The number of thiazole rings is 1. The van der Waals surface area contributed by atoms with Gasteiger partial charge in [0.25, 0.3) is 0 Å². The highest BCUT2D eigenvalue weighted by molar-refractivity contribution is 9.10. The van der Waals surface area contributed by atoms with Gasteiger partial charge in [-0.2, -0.15) is 0 Å². The van der Waals surface area contributed by atoms with Crippen LogP contribution < -0.4 is 4.74 Å². The molecule has 2 aromatic heterocycles. The van der Waals surface area contributed by atoms with Gasteiger partial charge < -0.3 is 9.84 Å². The number of aromatic nitrogens is 3. The third-order valence-electron chi connectivity index (χ3n) is 2.10. The average Bonchev–Trinajstić information content (AvgIpc) is 2.82. The lowest BCUT2D eigenvalue weighted by atomic mass is 10.1. The van der Waals surface area contributed by atoms with E-state index in [1.807, 2.05) is 0 Å². The number of methoxy groups -OCH3 is 1. The maximum absolute atomic E-state index is 10.9. The first-order valence-electron chi connectivity index (χ1n) is 5.02. The number of aliphatic carboxylic acids is 1. The summed E-state index contributed by atoms with van der Waals surface area (Å²) >= 11 is 4.56. The highest BCUT2D eigenvalue weighted by atomic mass is 79.9. The molecule has 2 aromatic rings. The van der Waals surface area contributed by atoms with Crippen LogP contribution in [0.5, 0.6) is 6.01 Å². The van der Waals surface area contributed by atoms with Gasteiger partial charge in [-0.25, -0.2) is 19.7 Å². The van der Waals surface area contributed by atoms with E-state index < -0.39 is 5.97 Å². The number of nitrogens with zero attached hydrogens (tertiary/aromatic N) is 3. The Hall–Kier alpha value is -1.80. The maximum Gasteiger partial charge on any atom is 0.329 e. The van der Waals surface area contributed by atoms with Crippen LogP contribution in [0.3, 0.4) is 0 Å². The second-order valence-electron chi connectivity index (χ2n) is 3.33. The highest BCUT2D eigenvalue weighted by Crippen LogP contribution is 2.27. The predicted molar refractivity (Wildman–Crippen MR) is 73.1 cm³/mol. The van der Waals surface area contributed by atoms with Crippen LogP contribution in [-0.2, 0) is 4.79 Å². The summed E-state index contributed by atoms with van der Waals surface area (Å²) in [5, 5.41) is 11.3. The largest absolute Gasteiger partial charge is 0.478 e.